The van der Waals surface area contributed by atoms with Gasteiger partial charge in [-0.3, -0.25) is 0 Å². The fourth-order valence-corrected chi connectivity index (χ4v) is 3.82. The van der Waals surface area contributed by atoms with Crippen LogP contribution in [0.2, 0.25) is 0 Å². The van der Waals surface area contributed by atoms with Gasteiger partial charge < -0.3 is 0 Å². The summed E-state index contributed by atoms with van der Waals surface area (Å²) in [6, 6.07) is 3.41. The summed E-state index contributed by atoms with van der Waals surface area (Å²) in [6.45, 7) is 0. The number of halogens is 2. The van der Waals surface area contributed by atoms with Crippen LogP contribution in [-0.4, -0.2) is 21.5 Å². The van der Waals surface area contributed by atoms with E-state index in [1.807, 2.05) is 0 Å². The fourth-order valence-electron chi connectivity index (χ4n) is 0.719. The van der Waals surface area contributed by atoms with E-state index in [2.05, 4.69) is 31.9 Å². The van der Waals surface area contributed by atoms with Crippen LogP contribution in [0.15, 0.2) is 21.1 Å². The van der Waals surface area contributed by atoms with Crippen molar-refractivity contribution in [3.8, 4) is 5.75 Å². The van der Waals surface area contributed by atoms with E-state index in [0.29, 0.717) is 20.4 Å². The summed E-state index contributed by atoms with van der Waals surface area (Å²) >= 11 is 4.57. The van der Waals surface area contributed by atoms with Crippen molar-refractivity contribution >= 4 is 59.1 Å². The topological polar surface area (TPSA) is 52.3 Å². The molecule has 0 spiro atoms. The monoisotopic (exact) mass is 400 g/mol. The number of nitrogens with two attached hydrogens (primary N) is 1. The van der Waals surface area contributed by atoms with Gasteiger partial charge in [0.1, 0.15) is 0 Å². The standard InChI is InChI=1S/C6H5Br2NO.O.Sn/c7-4-1-3(9)2-5(8)6(4)10;;/h1-2,10H,9H2;;/q;;+1/p-1. The zero-order valence-corrected chi connectivity index (χ0v) is 11.8. The number of nitrogen functional groups attached to an aromatic ring is 1. The Bertz CT molecular complexity index is 295. The molecule has 0 fully saturated rings. The summed E-state index contributed by atoms with van der Waals surface area (Å²) in [5.41, 5.74) is 6.17. The summed E-state index contributed by atoms with van der Waals surface area (Å²) in [4.78, 5) is 0. The Balaban J connectivity index is 3.18. The van der Waals surface area contributed by atoms with Crippen LogP contribution >= 0.6 is 31.9 Å². The maximum absolute atomic E-state index is 10.4. The zero-order valence-electron chi connectivity index (χ0n) is 5.80. The van der Waals surface area contributed by atoms with Gasteiger partial charge in [0, 0.05) is 0 Å². The molecule has 3 nitrogen and oxygen atoms in total. The molecule has 0 aliphatic carbocycles. The van der Waals surface area contributed by atoms with Gasteiger partial charge in [-0.2, -0.15) is 0 Å². The molecule has 0 atom stereocenters. The molecule has 6 heteroatoms. The molecule has 1 rings (SSSR count). The van der Waals surface area contributed by atoms with Crippen LogP contribution in [0.25, 0.3) is 0 Å². The normalized spacial score (nSPS) is 9.50. The van der Waals surface area contributed by atoms with Crippen molar-refractivity contribution in [1.29, 1.82) is 0 Å². The Kier molecular flexibility index (Phi) is 3.98. The molecule has 0 bridgehead atoms. The molecule has 1 aromatic carbocycles. The molecule has 0 aliphatic rings. The molecule has 0 heterocycles. The van der Waals surface area contributed by atoms with Crippen LogP contribution in [0.5, 0.6) is 5.75 Å². The van der Waals surface area contributed by atoms with Gasteiger partial charge in [0.05, 0.1) is 0 Å². The average Bonchev–Trinajstić information content (AvgIpc) is 1.96. The number of hydrogen-bond donors (Lipinski definition) is 1. The van der Waals surface area contributed by atoms with E-state index in [1.54, 1.807) is 12.1 Å². The maximum atomic E-state index is 10.4. The SMILES string of the molecule is Nc1cc(Br)c([O][Sn]=[O])c(Br)c1. The first-order valence-corrected chi connectivity index (χ1v) is 6.85. The molecule has 0 saturated heterocycles. The van der Waals surface area contributed by atoms with Gasteiger partial charge in [-0.25, -0.2) is 0 Å². The van der Waals surface area contributed by atoms with Crippen molar-refractivity contribution in [2.75, 3.05) is 5.73 Å². The molecule has 0 aromatic heterocycles. The van der Waals surface area contributed by atoms with Crippen LogP contribution in [0, 0.1) is 0 Å². The van der Waals surface area contributed by atoms with E-state index in [-0.39, 0.29) is 0 Å². The first-order valence-electron chi connectivity index (χ1n) is 2.93. The Morgan fingerprint density at radius 2 is 1.83 bits per heavy atom. The van der Waals surface area contributed by atoms with Gasteiger partial charge in [-0.05, 0) is 0 Å². The van der Waals surface area contributed by atoms with Crippen LogP contribution < -0.4 is 8.81 Å². The first-order chi connectivity index (χ1) is 5.65. The van der Waals surface area contributed by atoms with Gasteiger partial charge in [0.15, 0.2) is 0 Å². The molecule has 0 saturated carbocycles. The summed E-state index contributed by atoms with van der Waals surface area (Å²) < 4.78 is 16.8. The number of rotatable bonds is 2. The predicted octanol–water partition coefficient (Wildman–Crippen LogP) is 2.14. The number of benzene rings is 1. The van der Waals surface area contributed by atoms with E-state index in [0.717, 1.165) is 0 Å². The third kappa shape index (κ3) is 2.43. The predicted molar refractivity (Wildman–Crippen MR) is 53.3 cm³/mol. The van der Waals surface area contributed by atoms with Crippen molar-refractivity contribution in [3.05, 3.63) is 21.1 Å². The van der Waals surface area contributed by atoms with E-state index >= 15 is 0 Å². The van der Waals surface area contributed by atoms with E-state index in [4.69, 9.17) is 8.81 Å². The molecule has 2 N–H and O–H groups in total. The second-order valence-corrected chi connectivity index (χ2v) is 4.77. The third-order valence-electron chi connectivity index (χ3n) is 1.16. The minimum absolute atomic E-state index is 0.561. The van der Waals surface area contributed by atoms with E-state index in [1.165, 1.54) is 0 Å². The molecule has 0 aliphatic heterocycles. The molecule has 1 radical (unpaired) electrons. The fraction of sp³-hybridized carbons (Fsp3) is 0. The Labute approximate surface area is 97.1 Å². The molecule has 0 unspecified atom stereocenters. The molecule has 0 amide bonds. The summed E-state index contributed by atoms with van der Waals surface area (Å²) in [7, 11) is 0. The second kappa shape index (κ2) is 4.57. The Morgan fingerprint density at radius 1 is 1.33 bits per heavy atom. The third-order valence-corrected chi connectivity index (χ3v) is 3.16. The van der Waals surface area contributed by atoms with Crippen LogP contribution in [0.1, 0.15) is 0 Å². The van der Waals surface area contributed by atoms with Gasteiger partial charge in [-0.1, -0.05) is 0 Å². The van der Waals surface area contributed by atoms with E-state index < -0.39 is 21.5 Å². The zero-order chi connectivity index (χ0) is 9.14. The molecule has 12 heavy (non-hydrogen) atoms. The van der Waals surface area contributed by atoms with Crippen molar-refractivity contribution in [1.82, 2.24) is 0 Å². The Hall–Kier alpha value is 0.379. The van der Waals surface area contributed by atoms with Gasteiger partial charge >= 0.3 is 97.8 Å². The van der Waals surface area contributed by atoms with Gasteiger partial charge in [0.25, 0.3) is 0 Å². The summed E-state index contributed by atoms with van der Waals surface area (Å²) in [5, 5.41) is 0. The molecule has 63 valence electrons. The number of hydrogen-bond acceptors (Lipinski definition) is 3. The van der Waals surface area contributed by atoms with Crippen molar-refractivity contribution < 1.29 is 6.15 Å². The van der Waals surface area contributed by atoms with E-state index in [9.17, 15) is 3.08 Å². The average molecular weight is 401 g/mol. The summed E-state index contributed by atoms with van der Waals surface area (Å²) in [6.07, 6.45) is 0. The molecular weight excluding hydrogens is 397 g/mol. The Morgan fingerprint density at radius 3 is 2.25 bits per heavy atom. The van der Waals surface area contributed by atoms with Crippen molar-refractivity contribution in [2.24, 2.45) is 0 Å². The summed E-state index contributed by atoms with van der Waals surface area (Å²) in [5.74, 6) is 0.561. The minimum atomic E-state index is -1.93. The quantitative estimate of drug-likeness (QED) is 0.611. The molecule has 1 aromatic rings. The van der Waals surface area contributed by atoms with Crippen LogP contribution in [0.3, 0.4) is 0 Å². The van der Waals surface area contributed by atoms with Crippen LogP contribution in [0.4, 0.5) is 5.69 Å². The second-order valence-electron chi connectivity index (χ2n) is 2.00. The van der Waals surface area contributed by atoms with Crippen molar-refractivity contribution in [3.63, 3.8) is 0 Å². The van der Waals surface area contributed by atoms with Gasteiger partial charge in [0.2, 0.25) is 0 Å². The van der Waals surface area contributed by atoms with Crippen LogP contribution in [-0.2, 0) is 3.08 Å². The first kappa shape index (κ1) is 10.5. The van der Waals surface area contributed by atoms with Crippen molar-refractivity contribution in [2.45, 2.75) is 0 Å². The molecular formula is C6H4Br2NO2Sn. The van der Waals surface area contributed by atoms with Gasteiger partial charge in [-0.15, -0.1) is 0 Å². The number of anilines is 1.